The largest absolute Gasteiger partial charge is 0.299 e. The molecular weight excluding hydrogens is 431 g/mol. The molecule has 0 aliphatic carbocycles. The number of nitrogens with zero attached hydrogens (tertiary/aromatic N) is 1. The quantitative estimate of drug-likeness (QED) is 0.292. The van der Waals surface area contributed by atoms with Crippen LogP contribution in [0.2, 0.25) is 0 Å². The molecule has 0 bridgehead atoms. The lowest BCUT2D eigenvalue weighted by Gasteiger charge is -2.11. The minimum absolute atomic E-state index is 0.00913. The van der Waals surface area contributed by atoms with Crippen LogP contribution >= 0.6 is 34.8 Å². The molecule has 0 aliphatic rings. The number of rotatable bonds is 4. The van der Waals surface area contributed by atoms with E-state index in [0.29, 0.717) is 11.3 Å². The zero-order valence-electron chi connectivity index (χ0n) is 11.6. The molecule has 118 valence electrons. The molecule has 9 heteroatoms. The van der Waals surface area contributed by atoms with Crippen molar-refractivity contribution in [3.8, 4) is 0 Å². The maximum absolute atomic E-state index is 12.0. The summed E-state index contributed by atoms with van der Waals surface area (Å²) in [6, 6.07) is 12.8. The van der Waals surface area contributed by atoms with E-state index in [1.807, 2.05) is 12.1 Å². The van der Waals surface area contributed by atoms with Crippen LogP contribution in [0.1, 0.15) is 10.4 Å². The zero-order chi connectivity index (χ0) is 16.8. The lowest BCUT2D eigenvalue weighted by atomic mass is 10.2. The van der Waals surface area contributed by atoms with Crippen LogP contribution in [0.25, 0.3) is 0 Å². The average molecular weight is 442 g/mol. The molecule has 2 aromatic rings. The molecule has 0 saturated carbocycles. The number of carbonyl (C=O) groups is 1. The van der Waals surface area contributed by atoms with E-state index in [2.05, 4.69) is 38.8 Å². The van der Waals surface area contributed by atoms with Crippen molar-refractivity contribution >= 4 is 57.2 Å². The number of benzene rings is 2. The second-order valence-corrected chi connectivity index (χ2v) is 6.00. The Labute approximate surface area is 150 Å². The van der Waals surface area contributed by atoms with Crippen molar-refractivity contribution in [1.29, 1.82) is 0 Å². The number of non-ortho nitro benzene ring substituents is 1. The standard InChI is InChI=1S/C14H11IN4O3S/c15-10-3-1-9(2-4-10)13(20)16-14(23)18-17-11-5-7-12(8-6-11)19(21)22/h1-8,17H,(H2,16,18,20,23). The van der Waals surface area contributed by atoms with Gasteiger partial charge in [-0.25, -0.2) is 0 Å². The molecule has 0 fully saturated rings. The van der Waals surface area contributed by atoms with Gasteiger partial charge in [0, 0.05) is 21.3 Å². The number of nitrogens with one attached hydrogen (secondary N) is 3. The Hall–Kier alpha value is -2.27. The molecule has 0 atom stereocenters. The van der Waals surface area contributed by atoms with Gasteiger partial charge in [0.05, 0.1) is 10.6 Å². The molecule has 1 amide bonds. The molecule has 0 radical (unpaired) electrons. The summed E-state index contributed by atoms with van der Waals surface area (Å²) in [5, 5.41) is 13.2. The van der Waals surface area contributed by atoms with Gasteiger partial charge in [-0.3, -0.25) is 31.1 Å². The second kappa shape index (κ2) is 7.83. The molecular formula is C14H11IN4O3S. The monoisotopic (exact) mass is 442 g/mol. The Kier molecular flexibility index (Phi) is 5.82. The maximum Gasteiger partial charge on any atom is 0.269 e. The number of thiocarbonyl (C=S) groups is 1. The molecule has 0 spiro atoms. The zero-order valence-corrected chi connectivity index (χ0v) is 14.6. The van der Waals surface area contributed by atoms with Crippen LogP contribution in [-0.2, 0) is 0 Å². The van der Waals surface area contributed by atoms with Crippen molar-refractivity contribution < 1.29 is 9.72 Å². The molecule has 7 nitrogen and oxygen atoms in total. The molecule has 0 saturated heterocycles. The van der Waals surface area contributed by atoms with Crippen molar-refractivity contribution in [2.75, 3.05) is 5.43 Å². The summed E-state index contributed by atoms with van der Waals surface area (Å²) >= 11 is 7.16. The Balaban J connectivity index is 1.86. The van der Waals surface area contributed by atoms with Gasteiger partial charge >= 0.3 is 0 Å². The third-order valence-corrected chi connectivity index (χ3v) is 3.66. The molecule has 0 aliphatic heterocycles. The second-order valence-electron chi connectivity index (χ2n) is 4.34. The summed E-state index contributed by atoms with van der Waals surface area (Å²) < 4.78 is 1.03. The molecule has 2 aromatic carbocycles. The minimum atomic E-state index is -0.483. The fourth-order valence-electron chi connectivity index (χ4n) is 1.60. The number of hydrogen-bond acceptors (Lipinski definition) is 5. The van der Waals surface area contributed by atoms with Crippen LogP contribution in [0.5, 0.6) is 0 Å². The van der Waals surface area contributed by atoms with E-state index in [1.54, 1.807) is 12.1 Å². The highest BCUT2D eigenvalue weighted by Crippen LogP contribution is 2.14. The van der Waals surface area contributed by atoms with Gasteiger partial charge < -0.3 is 0 Å². The highest BCUT2D eigenvalue weighted by atomic mass is 127. The number of hydrogen-bond donors (Lipinski definition) is 3. The average Bonchev–Trinajstić information content (AvgIpc) is 2.54. The van der Waals surface area contributed by atoms with Crippen LogP contribution < -0.4 is 16.2 Å². The van der Waals surface area contributed by atoms with Crippen molar-refractivity contribution in [1.82, 2.24) is 10.7 Å². The van der Waals surface area contributed by atoms with E-state index in [1.165, 1.54) is 24.3 Å². The van der Waals surface area contributed by atoms with Gasteiger partial charge in [0.15, 0.2) is 5.11 Å². The summed E-state index contributed by atoms with van der Waals surface area (Å²) in [4.78, 5) is 22.0. The van der Waals surface area contributed by atoms with E-state index >= 15 is 0 Å². The van der Waals surface area contributed by atoms with Crippen LogP contribution in [0.4, 0.5) is 11.4 Å². The number of amides is 1. The van der Waals surface area contributed by atoms with Crippen LogP contribution in [-0.4, -0.2) is 15.9 Å². The van der Waals surface area contributed by atoms with E-state index in [-0.39, 0.29) is 16.7 Å². The molecule has 0 heterocycles. The predicted octanol–water partition coefficient (Wildman–Crippen LogP) is 2.83. The SMILES string of the molecule is O=C(NC(=S)NNc1ccc([N+](=O)[O-])cc1)c1ccc(I)cc1. The summed E-state index contributed by atoms with van der Waals surface area (Å²) in [6.45, 7) is 0. The number of nitro groups is 1. The van der Waals surface area contributed by atoms with E-state index in [9.17, 15) is 14.9 Å². The first-order valence-electron chi connectivity index (χ1n) is 6.33. The first-order valence-corrected chi connectivity index (χ1v) is 7.82. The predicted molar refractivity (Wildman–Crippen MR) is 99.1 cm³/mol. The Morgan fingerprint density at radius 2 is 1.70 bits per heavy atom. The Morgan fingerprint density at radius 1 is 1.09 bits per heavy atom. The van der Waals surface area contributed by atoms with Gasteiger partial charge in [-0.2, -0.15) is 0 Å². The van der Waals surface area contributed by atoms with Crippen LogP contribution in [0, 0.1) is 13.7 Å². The summed E-state index contributed by atoms with van der Waals surface area (Å²) in [6.07, 6.45) is 0. The molecule has 23 heavy (non-hydrogen) atoms. The maximum atomic E-state index is 12.0. The fraction of sp³-hybridized carbons (Fsp3) is 0. The van der Waals surface area contributed by atoms with Gasteiger partial charge in [0.1, 0.15) is 0 Å². The topological polar surface area (TPSA) is 96.3 Å². The summed E-state index contributed by atoms with van der Waals surface area (Å²) in [7, 11) is 0. The molecule has 0 aromatic heterocycles. The molecule has 2 rings (SSSR count). The van der Waals surface area contributed by atoms with Crippen molar-refractivity contribution in [3.63, 3.8) is 0 Å². The first kappa shape index (κ1) is 17.1. The van der Waals surface area contributed by atoms with E-state index in [0.717, 1.165) is 3.57 Å². The normalized spacial score (nSPS) is 9.78. The lowest BCUT2D eigenvalue weighted by Crippen LogP contribution is -2.41. The van der Waals surface area contributed by atoms with E-state index < -0.39 is 4.92 Å². The number of anilines is 1. The van der Waals surface area contributed by atoms with E-state index in [4.69, 9.17) is 12.2 Å². The molecule has 0 unspecified atom stereocenters. The summed E-state index contributed by atoms with van der Waals surface area (Å²) in [5.74, 6) is -0.329. The van der Waals surface area contributed by atoms with Crippen molar-refractivity contribution in [3.05, 3.63) is 67.8 Å². The van der Waals surface area contributed by atoms with Crippen molar-refractivity contribution in [2.24, 2.45) is 0 Å². The summed E-state index contributed by atoms with van der Waals surface area (Å²) in [5.41, 5.74) is 6.44. The number of carbonyl (C=O) groups excluding carboxylic acids is 1. The van der Waals surface area contributed by atoms with Crippen LogP contribution in [0.3, 0.4) is 0 Å². The van der Waals surface area contributed by atoms with Crippen molar-refractivity contribution in [2.45, 2.75) is 0 Å². The highest BCUT2D eigenvalue weighted by molar-refractivity contribution is 14.1. The Morgan fingerprint density at radius 3 is 2.26 bits per heavy atom. The highest BCUT2D eigenvalue weighted by Gasteiger charge is 2.08. The van der Waals surface area contributed by atoms with Gasteiger partial charge in [-0.15, -0.1) is 0 Å². The first-order chi connectivity index (χ1) is 11.0. The number of hydrazine groups is 1. The third-order valence-electron chi connectivity index (χ3n) is 2.73. The lowest BCUT2D eigenvalue weighted by molar-refractivity contribution is -0.384. The minimum Gasteiger partial charge on any atom is -0.299 e. The fourth-order valence-corrected chi connectivity index (χ4v) is 2.11. The van der Waals surface area contributed by atoms with Gasteiger partial charge in [0.25, 0.3) is 11.6 Å². The van der Waals surface area contributed by atoms with Gasteiger partial charge in [-0.1, -0.05) is 0 Å². The smallest absolute Gasteiger partial charge is 0.269 e. The Bertz CT molecular complexity index is 735. The van der Waals surface area contributed by atoms with Gasteiger partial charge in [-0.05, 0) is 71.2 Å². The number of halogens is 1. The number of nitro benzene ring substituents is 1. The van der Waals surface area contributed by atoms with Crippen LogP contribution in [0.15, 0.2) is 48.5 Å². The van der Waals surface area contributed by atoms with Gasteiger partial charge in [0.2, 0.25) is 0 Å². The molecule has 3 N–H and O–H groups in total. The third kappa shape index (κ3) is 5.14.